The van der Waals surface area contributed by atoms with Crippen molar-refractivity contribution in [1.29, 1.82) is 0 Å². The van der Waals surface area contributed by atoms with Gasteiger partial charge >= 0.3 is 6.03 Å². The molecule has 0 saturated carbocycles. The number of imide groups is 1. The first-order valence-corrected chi connectivity index (χ1v) is 8.52. The Kier molecular flexibility index (Phi) is 4.58. The van der Waals surface area contributed by atoms with Crippen LogP contribution in [0, 0.1) is 5.82 Å². The summed E-state index contributed by atoms with van der Waals surface area (Å²) in [6.45, 7) is 5.60. The Hall–Kier alpha value is -1.95. The van der Waals surface area contributed by atoms with Crippen LogP contribution in [0.1, 0.15) is 44.7 Å². The lowest BCUT2D eigenvalue weighted by Crippen LogP contribution is -2.40. The Labute approximate surface area is 141 Å². The van der Waals surface area contributed by atoms with Gasteiger partial charge in [-0.05, 0) is 57.4 Å². The molecule has 0 spiro atoms. The summed E-state index contributed by atoms with van der Waals surface area (Å²) in [6, 6.07) is 6.68. The lowest BCUT2D eigenvalue weighted by Gasteiger charge is -2.25. The van der Waals surface area contributed by atoms with Crippen molar-refractivity contribution in [3.63, 3.8) is 0 Å². The summed E-state index contributed by atoms with van der Waals surface area (Å²) in [5.74, 6) is -0.378. The van der Waals surface area contributed by atoms with Gasteiger partial charge in [-0.3, -0.25) is 14.6 Å². The lowest BCUT2D eigenvalue weighted by atomic mass is 10.0. The van der Waals surface area contributed by atoms with Crippen LogP contribution in [-0.4, -0.2) is 46.9 Å². The fourth-order valence-corrected chi connectivity index (χ4v) is 3.64. The SMILES string of the molecule is CC1(C)NC(=O)N(CCCN2CCC[C@H]2c2cccc(F)c2)C1=O. The van der Waals surface area contributed by atoms with Crippen molar-refractivity contribution in [3.8, 4) is 0 Å². The summed E-state index contributed by atoms with van der Waals surface area (Å²) in [5, 5.41) is 2.69. The molecule has 2 heterocycles. The lowest BCUT2D eigenvalue weighted by molar-refractivity contribution is -0.130. The first-order chi connectivity index (χ1) is 11.4. The van der Waals surface area contributed by atoms with E-state index in [-0.39, 0.29) is 23.8 Å². The Bertz CT molecular complexity index is 647. The van der Waals surface area contributed by atoms with E-state index in [9.17, 15) is 14.0 Å². The molecule has 0 unspecified atom stereocenters. The molecule has 2 fully saturated rings. The monoisotopic (exact) mass is 333 g/mol. The highest BCUT2D eigenvalue weighted by Gasteiger charge is 2.43. The predicted molar refractivity (Wildman–Crippen MR) is 88.9 cm³/mol. The first kappa shape index (κ1) is 16.9. The van der Waals surface area contributed by atoms with E-state index in [0.29, 0.717) is 6.54 Å². The van der Waals surface area contributed by atoms with E-state index >= 15 is 0 Å². The zero-order valence-corrected chi connectivity index (χ0v) is 14.2. The van der Waals surface area contributed by atoms with Gasteiger partial charge in [0.25, 0.3) is 5.91 Å². The van der Waals surface area contributed by atoms with Crippen molar-refractivity contribution in [2.24, 2.45) is 0 Å². The third-order valence-electron chi connectivity index (χ3n) is 4.87. The highest BCUT2D eigenvalue weighted by Crippen LogP contribution is 2.32. The zero-order chi connectivity index (χ0) is 17.3. The number of carbonyl (C=O) groups excluding carboxylic acids is 2. The van der Waals surface area contributed by atoms with Gasteiger partial charge in [0.05, 0.1) is 0 Å². The van der Waals surface area contributed by atoms with Crippen molar-refractivity contribution in [3.05, 3.63) is 35.6 Å². The van der Waals surface area contributed by atoms with Crippen LogP contribution < -0.4 is 5.32 Å². The molecule has 0 radical (unpaired) electrons. The quantitative estimate of drug-likeness (QED) is 0.843. The minimum atomic E-state index is -0.811. The van der Waals surface area contributed by atoms with Crippen LogP contribution in [-0.2, 0) is 4.79 Å². The van der Waals surface area contributed by atoms with Gasteiger partial charge in [0.15, 0.2) is 0 Å². The summed E-state index contributed by atoms with van der Waals surface area (Å²) >= 11 is 0. The van der Waals surface area contributed by atoms with Gasteiger partial charge in [0.1, 0.15) is 11.4 Å². The third kappa shape index (κ3) is 3.29. The first-order valence-electron chi connectivity index (χ1n) is 8.52. The number of halogens is 1. The van der Waals surface area contributed by atoms with Crippen molar-refractivity contribution in [1.82, 2.24) is 15.1 Å². The minimum absolute atomic E-state index is 0.171. The second-order valence-corrected chi connectivity index (χ2v) is 7.11. The molecule has 3 rings (SSSR count). The van der Waals surface area contributed by atoms with Gasteiger partial charge in [0, 0.05) is 19.1 Å². The molecular weight excluding hydrogens is 309 g/mol. The standard InChI is InChI=1S/C18H24FN3O2/c1-18(2)16(23)22(17(24)20-18)11-5-10-21-9-4-8-15(21)13-6-3-7-14(19)12-13/h3,6-7,12,15H,4-5,8-11H2,1-2H3,(H,20,24)/t15-/m0/s1. The van der Waals surface area contributed by atoms with Crippen LogP contribution in [0.2, 0.25) is 0 Å². The van der Waals surface area contributed by atoms with Crippen molar-refractivity contribution >= 4 is 11.9 Å². The maximum Gasteiger partial charge on any atom is 0.325 e. The van der Waals surface area contributed by atoms with Crippen LogP contribution >= 0.6 is 0 Å². The number of nitrogens with zero attached hydrogens (tertiary/aromatic N) is 2. The van der Waals surface area contributed by atoms with Gasteiger partial charge < -0.3 is 5.32 Å². The van der Waals surface area contributed by atoms with Crippen LogP contribution in [0.15, 0.2) is 24.3 Å². The molecular formula is C18H24FN3O2. The predicted octanol–water partition coefficient (Wildman–Crippen LogP) is 2.68. The zero-order valence-electron chi connectivity index (χ0n) is 14.2. The molecule has 6 heteroatoms. The average Bonchev–Trinajstić information content (AvgIpc) is 3.05. The van der Waals surface area contributed by atoms with Crippen molar-refractivity contribution < 1.29 is 14.0 Å². The molecule has 0 aliphatic carbocycles. The van der Waals surface area contributed by atoms with E-state index in [1.54, 1.807) is 26.0 Å². The molecule has 2 aliphatic rings. The maximum atomic E-state index is 13.5. The minimum Gasteiger partial charge on any atom is -0.324 e. The van der Waals surface area contributed by atoms with Gasteiger partial charge in [-0.25, -0.2) is 9.18 Å². The van der Waals surface area contributed by atoms with E-state index in [1.807, 2.05) is 6.07 Å². The number of benzene rings is 1. The summed E-state index contributed by atoms with van der Waals surface area (Å²) in [5.41, 5.74) is 0.193. The van der Waals surface area contributed by atoms with E-state index < -0.39 is 5.54 Å². The Morgan fingerprint density at radius 3 is 2.75 bits per heavy atom. The number of amides is 3. The van der Waals surface area contributed by atoms with Crippen LogP contribution in [0.5, 0.6) is 0 Å². The second-order valence-electron chi connectivity index (χ2n) is 7.11. The fourth-order valence-electron chi connectivity index (χ4n) is 3.64. The number of carbonyl (C=O) groups is 2. The number of urea groups is 1. The highest BCUT2D eigenvalue weighted by atomic mass is 19.1. The molecule has 24 heavy (non-hydrogen) atoms. The smallest absolute Gasteiger partial charge is 0.324 e. The Morgan fingerprint density at radius 1 is 1.29 bits per heavy atom. The van der Waals surface area contributed by atoms with Gasteiger partial charge in [0.2, 0.25) is 0 Å². The molecule has 3 amide bonds. The molecule has 2 saturated heterocycles. The third-order valence-corrected chi connectivity index (χ3v) is 4.87. The Balaban J connectivity index is 1.57. The second kappa shape index (κ2) is 6.51. The number of hydrogen-bond acceptors (Lipinski definition) is 3. The van der Waals surface area contributed by atoms with Crippen molar-refractivity contribution in [2.45, 2.75) is 44.7 Å². The normalized spacial score (nSPS) is 23.8. The summed E-state index contributed by atoms with van der Waals surface area (Å²) in [6.07, 6.45) is 2.82. The number of rotatable bonds is 5. The van der Waals surface area contributed by atoms with Crippen molar-refractivity contribution in [2.75, 3.05) is 19.6 Å². The maximum absolute atomic E-state index is 13.5. The molecule has 2 aliphatic heterocycles. The van der Waals surface area contributed by atoms with E-state index in [1.165, 1.54) is 11.0 Å². The van der Waals surface area contributed by atoms with Crippen LogP contribution in [0.3, 0.4) is 0 Å². The molecule has 1 N–H and O–H groups in total. The summed E-state index contributed by atoms with van der Waals surface area (Å²) < 4.78 is 13.5. The van der Waals surface area contributed by atoms with E-state index in [2.05, 4.69) is 10.2 Å². The van der Waals surface area contributed by atoms with Gasteiger partial charge in [-0.15, -0.1) is 0 Å². The largest absolute Gasteiger partial charge is 0.325 e. The molecule has 0 bridgehead atoms. The molecule has 130 valence electrons. The molecule has 1 atom stereocenters. The van der Waals surface area contributed by atoms with Crippen LogP contribution in [0.4, 0.5) is 9.18 Å². The van der Waals surface area contributed by atoms with Crippen LogP contribution in [0.25, 0.3) is 0 Å². The number of hydrogen-bond donors (Lipinski definition) is 1. The van der Waals surface area contributed by atoms with E-state index in [4.69, 9.17) is 0 Å². The molecule has 0 aromatic heterocycles. The number of likely N-dealkylation sites (tertiary alicyclic amines) is 1. The summed E-state index contributed by atoms with van der Waals surface area (Å²) in [4.78, 5) is 27.7. The molecule has 5 nitrogen and oxygen atoms in total. The highest BCUT2D eigenvalue weighted by molar-refractivity contribution is 6.06. The summed E-state index contributed by atoms with van der Waals surface area (Å²) in [7, 11) is 0. The van der Waals surface area contributed by atoms with E-state index in [0.717, 1.165) is 37.9 Å². The topological polar surface area (TPSA) is 52.7 Å². The molecule has 1 aromatic rings. The Morgan fingerprint density at radius 2 is 2.08 bits per heavy atom. The fraction of sp³-hybridized carbons (Fsp3) is 0.556. The van der Waals surface area contributed by atoms with Gasteiger partial charge in [-0.1, -0.05) is 12.1 Å². The average molecular weight is 333 g/mol. The number of nitrogens with one attached hydrogen (secondary N) is 1. The van der Waals surface area contributed by atoms with Gasteiger partial charge in [-0.2, -0.15) is 0 Å². The molecule has 1 aromatic carbocycles.